The lowest BCUT2D eigenvalue weighted by Crippen LogP contribution is -2.36. The third-order valence-corrected chi connectivity index (χ3v) is 2.22. The van der Waals surface area contributed by atoms with Gasteiger partial charge in [-0.15, -0.1) is 0 Å². The molecular formula is C12H20N4O. The molecule has 0 aliphatic carbocycles. The van der Waals surface area contributed by atoms with Crippen molar-refractivity contribution in [2.45, 2.75) is 20.4 Å². The van der Waals surface area contributed by atoms with E-state index in [1.807, 2.05) is 17.0 Å². The summed E-state index contributed by atoms with van der Waals surface area (Å²) in [5.41, 5.74) is 11.7. The molecule has 0 radical (unpaired) electrons. The van der Waals surface area contributed by atoms with Crippen LogP contribution >= 0.6 is 0 Å². The first-order chi connectivity index (χ1) is 7.97. The average Bonchev–Trinajstić information content (AvgIpc) is 2.14. The van der Waals surface area contributed by atoms with Crippen LogP contribution in [0.1, 0.15) is 19.5 Å². The number of hydrogen-bond donors (Lipinski definition) is 2. The molecule has 0 fully saturated rings. The second-order valence-electron chi connectivity index (χ2n) is 4.58. The standard InChI is InChI=1S/C12H20N4O/c1-9(2)6-16(8-12(14)17)7-10-4-3-5-11(13)15-10/h3-5,9H,6-8H2,1-2H3,(H2,13,15)(H2,14,17). The Hall–Kier alpha value is -1.62. The molecular weight excluding hydrogens is 216 g/mol. The minimum absolute atomic E-state index is 0.245. The highest BCUT2D eigenvalue weighted by Crippen LogP contribution is 2.07. The summed E-state index contributed by atoms with van der Waals surface area (Å²) in [4.78, 5) is 17.2. The summed E-state index contributed by atoms with van der Waals surface area (Å²) in [5, 5.41) is 0. The predicted octanol–water partition coefficient (Wildman–Crippen LogP) is 0.607. The molecule has 1 aromatic heterocycles. The highest BCUT2D eigenvalue weighted by molar-refractivity contribution is 5.75. The van der Waals surface area contributed by atoms with Crippen LogP contribution < -0.4 is 11.5 Å². The average molecular weight is 236 g/mol. The smallest absolute Gasteiger partial charge is 0.231 e. The van der Waals surface area contributed by atoms with Gasteiger partial charge in [-0.3, -0.25) is 9.69 Å². The fourth-order valence-electron chi connectivity index (χ4n) is 1.74. The summed E-state index contributed by atoms with van der Waals surface area (Å²) in [5.74, 6) is 0.635. The number of carbonyl (C=O) groups is 1. The molecule has 17 heavy (non-hydrogen) atoms. The van der Waals surface area contributed by atoms with Crippen LogP contribution in [0.3, 0.4) is 0 Å². The van der Waals surface area contributed by atoms with Gasteiger partial charge in [0.05, 0.1) is 12.2 Å². The number of nitrogen functional groups attached to an aromatic ring is 1. The molecule has 0 spiro atoms. The molecule has 94 valence electrons. The number of carbonyl (C=O) groups excluding carboxylic acids is 1. The molecule has 0 aromatic carbocycles. The Bertz CT molecular complexity index is 379. The van der Waals surface area contributed by atoms with Crippen LogP contribution in [0.15, 0.2) is 18.2 Å². The Morgan fingerprint density at radius 2 is 2.18 bits per heavy atom. The van der Waals surface area contributed by atoms with E-state index >= 15 is 0 Å². The largest absolute Gasteiger partial charge is 0.384 e. The predicted molar refractivity (Wildman–Crippen MR) is 68.0 cm³/mol. The molecule has 1 amide bonds. The summed E-state index contributed by atoms with van der Waals surface area (Å²) in [6.45, 7) is 5.84. The van der Waals surface area contributed by atoms with Gasteiger partial charge in [0, 0.05) is 13.1 Å². The Kier molecular flexibility index (Phi) is 4.90. The van der Waals surface area contributed by atoms with Gasteiger partial charge >= 0.3 is 0 Å². The molecule has 0 saturated carbocycles. The third kappa shape index (κ3) is 5.31. The topological polar surface area (TPSA) is 85.2 Å². The van der Waals surface area contributed by atoms with Crippen LogP contribution in [0.2, 0.25) is 0 Å². The van der Waals surface area contributed by atoms with Crippen molar-refractivity contribution in [3.63, 3.8) is 0 Å². The molecule has 1 heterocycles. The first kappa shape index (κ1) is 13.4. The lowest BCUT2D eigenvalue weighted by Gasteiger charge is -2.22. The van der Waals surface area contributed by atoms with E-state index in [1.54, 1.807) is 6.07 Å². The molecule has 5 heteroatoms. The van der Waals surface area contributed by atoms with Crippen molar-refractivity contribution < 1.29 is 4.79 Å². The van der Waals surface area contributed by atoms with Gasteiger partial charge in [-0.2, -0.15) is 0 Å². The zero-order valence-corrected chi connectivity index (χ0v) is 10.4. The van der Waals surface area contributed by atoms with Gasteiger partial charge < -0.3 is 11.5 Å². The van der Waals surface area contributed by atoms with Gasteiger partial charge in [-0.1, -0.05) is 19.9 Å². The molecule has 0 atom stereocenters. The van der Waals surface area contributed by atoms with Crippen molar-refractivity contribution in [3.8, 4) is 0 Å². The van der Waals surface area contributed by atoms with Crippen molar-refractivity contribution in [1.29, 1.82) is 0 Å². The van der Waals surface area contributed by atoms with Crippen molar-refractivity contribution in [2.75, 3.05) is 18.8 Å². The van der Waals surface area contributed by atoms with Crippen LogP contribution in [0.5, 0.6) is 0 Å². The lowest BCUT2D eigenvalue weighted by atomic mass is 10.2. The Morgan fingerprint density at radius 1 is 1.47 bits per heavy atom. The maximum atomic E-state index is 11.0. The number of rotatable bonds is 6. The monoisotopic (exact) mass is 236 g/mol. The van der Waals surface area contributed by atoms with E-state index in [1.165, 1.54) is 0 Å². The fourth-order valence-corrected chi connectivity index (χ4v) is 1.74. The minimum atomic E-state index is -0.324. The fraction of sp³-hybridized carbons (Fsp3) is 0.500. The summed E-state index contributed by atoms with van der Waals surface area (Å²) in [7, 11) is 0. The molecule has 1 rings (SSSR count). The summed E-state index contributed by atoms with van der Waals surface area (Å²) >= 11 is 0. The first-order valence-corrected chi connectivity index (χ1v) is 5.69. The zero-order chi connectivity index (χ0) is 12.8. The van der Waals surface area contributed by atoms with Crippen LogP contribution in [-0.4, -0.2) is 28.9 Å². The maximum absolute atomic E-state index is 11.0. The highest BCUT2D eigenvalue weighted by atomic mass is 16.1. The van der Waals surface area contributed by atoms with Crippen LogP contribution in [0, 0.1) is 5.92 Å². The number of hydrogen-bond acceptors (Lipinski definition) is 4. The molecule has 0 saturated heterocycles. The van der Waals surface area contributed by atoms with Crippen LogP contribution in [0.4, 0.5) is 5.82 Å². The van der Waals surface area contributed by atoms with E-state index in [-0.39, 0.29) is 12.5 Å². The van der Waals surface area contributed by atoms with Gasteiger partial charge in [-0.25, -0.2) is 4.98 Å². The first-order valence-electron chi connectivity index (χ1n) is 5.69. The third-order valence-electron chi connectivity index (χ3n) is 2.22. The van der Waals surface area contributed by atoms with Crippen molar-refractivity contribution in [2.24, 2.45) is 11.7 Å². The molecule has 0 unspecified atom stereocenters. The Balaban J connectivity index is 2.67. The number of pyridine rings is 1. The highest BCUT2D eigenvalue weighted by Gasteiger charge is 2.11. The van der Waals surface area contributed by atoms with E-state index in [9.17, 15) is 4.79 Å². The van der Waals surface area contributed by atoms with Gasteiger partial charge in [0.2, 0.25) is 5.91 Å². The number of anilines is 1. The van der Waals surface area contributed by atoms with E-state index in [2.05, 4.69) is 18.8 Å². The molecule has 4 N–H and O–H groups in total. The molecule has 0 aliphatic heterocycles. The number of aromatic nitrogens is 1. The minimum Gasteiger partial charge on any atom is -0.384 e. The van der Waals surface area contributed by atoms with Gasteiger partial charge in [0.25, 0.3) is 0 Å². The maximum Gasteiger partial charge on any atom is 0.231 e. The normalized spacial score (nSPS) is 11.1. The van der Waals surface area contributed by atoms with Crippen molar-refractivity contribution in [3.05, 3.63) is 23.9 Å². The van der Waals surface area contributed by atoms with Gasteiger partial charge in [0.1, 0.15) is 5.82 Å². The number of primary amides is 1. The second-order valence-corrected chi connectivity index (χ2v) is 4.58. The SMILES string of the molecule is CC(C)CN(CC(N)=O)Cc1cccc(N)n1. The molecule has 5 nitrogen and oxygen atoms in total. The molecule has 0 bridgehead atoms. The Labute approximate surface area is 102 Å². The van der Waals surface area contributed by atoms with Gasteiger partial charge in [0.15, 0.2) is 0 Å². The second kappa shape index (κ2) is 6.20. The van der Waals surface area contributed by atoms with Crippen molar-refractivity contribution in [1.82, 2.24) is 9.88 Å². The summed E-state index contributed by atoms with van der Waals surface area (Å²) < 4.78 is 0. The van der Waals surface area contributed by atoms with Gasteiger partial charge in [-0.05, 0) is 18.1 Å². The van der Waals surface area contributed by atoms with Crippen molar-refractivity contribution >= 4 is 11.7 Å². The number of nitrogens with two attached hydrogens (primary N) is 2. The van der Waals surface area contributed by atoms with E-state index in [0.29, 0.717) is 18.3 Å². The summed E-state index contributed by atoms with van der Waals surface area (Å²) in [6, 6.07) is 5.49. The zero-order valence-electron chi connectivity index (χ0n) is 10.4. The van der Waals surface area contributed by atoms with Crippen LogP contribution in [-0.2, 0) is 11.3 Å². The molecule has 0 aliphatic rings. The Morgan fingerprint density at radius 3 is 2.71 bits per heavy atom. The number of nitrogens with zero attached hydrogens (tertiary/aromatic N) is 2. The van der Waals surface area contributed by atoms with E-state index < -0.39 is 0 Å². The lowest BCUT2D eigenvalue weighted by molar-refractivity contribution is -0.119. The molecule has 1 aromatic rings. The quantitative estimate of drug-likeness (QED) is 0.757. The number of amides is 1. The van der Waals surface area contributed by atoms with Crippen LogP contribution in [0.25, 0.3) is 0 Å². The van der Waals surface area contributed by atoms with E-state index in [4.69, 9.17) is 11.5 Å². The summed E-state index contributed by atoms with van der Waals surface area (Å²) in [6.07, 6.45) is 0. The van der Waals surface area contributed by atoms with E-state index in [0.717, 1.165) is 12.2 Å².